The highest BCUT2D eigenvalue weighted by molar-refractivity contribution is 7.10. The molecule has 3 aromatic rings. The number of hydrogen-bond acceptors (Lipinski definition) is 9. The first-order chi connectivity index (χ1) is 19.6. The van der Waals surface area contributed by atoms with E-state index in [2.05, 4.69) is 20.7 Å². The van der Waals surface area contributed by atoms with Gasteiger partial charge in [-0.3, -0.25) is 9.59 Å². The quantitative estimate of drug-likeness (QED) is 0.372. The molecule has 0 bridgehead atoms. The molecular formula is C28H36N6O5S. The van der Waals surface area contributed by atoms with Crippen molar-refractivity contribution in [2.24, 2.45) is 0 Å². The number of thiophene rings is 1. The predicted octanol–water partition coefficient (Wildman–Crippen LogP) is 3.62. The predicted molar refractivity (Wildman–Crippen MR) is 149 cm³/mol. The lowest BCUT2D eigenvalue weighted by Crippen LogP contribution is -2.49. The number of amides is 2. The second kappa shape index (κ2) is 13.2. The molecule has 1 aromatic carbocycles. The zero-order valence-electron chi connectivity index (χ0n) is 23.0. The first-order valence-corrected chi connectivity index (χ1v) is 14.7. The van der Waals surface area contributed by atoms with Crippen LogP contribution in [-0.2, 0) is 20.9 Å². The fraction of sp³-hybridized carbons (Fsp3) is 0.536. The van der Waals surface area contributed by atoms with Crippen LogP contribution >= 0.6 is 11.3 Å². The van der Waals surface area contributed by atoms with E-state index in [1.54, 1.807) is 37.3 Å². The van der Waals surface area contributed by atoms with Crippen molar-refractivity contribution in [1.82, 2.24) is 30.4 Å². The summed E-state index contributed by atoms with van der Waals surface area (Å²) < 4.78 is 16.6. The standard InChI is InChI=1S/C28H36N6O5S/c1-37-22-13-12-19(16-23(22)38-2)27-30-32-34(31-27)18-25(35)33(17-21-10-6-14-39-21)26(24-11-7-15-40-24)28(36)29-20-8-4-3-5-9-20/h7,11-13,15-16,20-21,26H,3-6,8-10,14,17-18H2,1-2H3,(H,29,36)/t21-,26-/m0/s1. The van der Waals surface area contributed by atoms with Crippen molar-refractivity contribution in [3.05, 3.63) is 40.6 Å². The highest BCUT2D eigenvalue weighted by Gasteiger charge is 2.36. The number of nitrogens with zero attached hydrogens (tertiary/aromatic N) is 5. The molecule has 1 N–H and O–H groups in total. The lowest BCUT2D eigenvalue weighted by Gasteiger charge is -2.33. The zero-order chi connectivity index (χ0) is 27.9. The molecule has 2 atom stereocenters. The van der Waals surface area contributed by atoms with Gasteiger partial charge in [0.15, 0.2) is 11.5 Å². The molecule has 5 rings (SSSR count). The SMILES string of the molecule is COc1ccc(-c2nnn(CC(=O)N(C[C@@H]3CCCO3)[C@H](C(=O)NC3CCCCC3)c3cccs3)n2)cc1OC. The Balaban J connectivity index is 1.38. The lowest BCUT2D eigenvalue weighted by atomic mass is 9.95. The number of carbonyl (C=O) groups is 2. The summed E-state index contributed by atoms with van der Waals surface area (Å²) in [5.41, 5.74) is 0.677. The van der Waals surface area contributed by atoms with Crippen molar-refractivity contribution in [2.75, 3.05) is 27.4 Å². The summed E-state index contributed by atoms with van der Waals surface area (Å²) in [7, 11) is 3.13. The molecular weight excluding hydrogens is 532 g/mol. The van der Waals surface area contributed by atoms with Gasteiger partial charge in [-0.15, -0.1) is 21.5 Å². The molecule has 1 aliphatic heterocycles. The third-order valence-electron chi connectivity index (χ3n) is 7.44. The topological polar surface area (TPSA) is 121 Å². The normalized spacial score (nSPS) is 18.3. The Kier molecular flexibility index (Phi) is 9.27. The number of hydrogen-bond donors (Lipinski definition) is 1. The Morgan fingerprint density at radius 1 is 1.12 bits per heavy atom. The molecule has 11 nitrogen and oxygen atoms in total. The Hall–Kier alpha value is -3.51. The van der Waals surface area contributed by atoms with Gasteiger partial charge in [-0.2, -0.15) is 4.80 Å². The molecule has 2 aliphatic rings. The minimum Gasteiger partial charge on any atom is -0.493 e. The van der Waals surface area contributed by atoms with Gasteiger partial charge in [0.1, 0.15) is 12.6 Å². The van der Waals surface area contributed by atoms with Crippen molar-refractivity contribution >= 4 is 23.2 Å². The number of nitrogens with one attached hydrogen (secondary N) is 1. The Labute approximate surface area is 237 Å². The second-order valence-corrected chi connectivity index (χ2v) is 11.1. The van der Waals surface area contributed by atoms with Crippen LogP contribution in [0, 0.1) is 0 Å². The monoisotopic (exact) mass is 568 g/mol. The molecule has 0 spiro atoms. The van der Waals surface area contributed by atoms with Crippen LogP contribution in [0.4, 0.5) is 0 Å². The third kappa shape index (κ3) is 6.61. The number of methoxy groups -OCH3 is 2. The van der Waals surface area contributed by atoms with Crippen LogP contribution in [0.1, 0.15) is 55.9 Å². The molecule has 3 heterocycles. The van der Waals surface area contributed by atoms with Gasteiger partial charge in [0.05, 0.1) is 20.3 Å². The van der Waals surface area contributed by atoms with Crippen LogP contribution in [-0.4, -0.2) is 76.4 Å². The van der Waals surface area contributed by atoms with Gasteiger partial charge in [-0.05, 0) is 60.5 Å². The summed E-state index contributed by atoms with van der Waals surface area (Å²) in [6.45, 7) is 0.812. The fourth-order valence-corrected chi connectivity index (χ4v) is 6.20. The summed E-state index contributed by atoms with van der Waals surface area (Å²) in [5, 5.41) is 17.9. The van der Waals surface area contributed by atoms with E-state index in [-0.39, 0.29) is 30.5 Å². The van der Waals surface area contributed by atoms with E-state index < -0.39 is 6.04 Å². The van der Waals surface area contributed by atoms with E-state index in [0.29, 0.717) is 36.0 Å². The van der Waals surface area contributed by atoms with Crippen LogP contribution in [0.15, 0.2) is 35.7 Å². The van der Waals surface area contributed by atoms with Crippen LogP contribution in [0.25, 0.3) is 11.4 Å². The molecule has 0 radical (unpaired) electrons. The highest BCUT2D eigenvalue weighted by Crippen LogP contribution is 2.31. The summed E-state index contributed by atoms with van der Waals surface area (Å²) in [5.74, 6) is 1.05. The first-order valence-electron chi connectivity index (χ1n) is 13.8. The number of ether oxygens (including phenoxy) is 3. The van der Waals surface area contributed by atoms with Crippen molar-refractivity contribution < 1.29 is 23.8 Å². The molecule has 1 saturated carbocycles. The maximum Gasteiger partial charge on any atom is 0.248 e. The van der Waals surface area contributed by atoms with E-state index in [0.717, 1.165) is 43.4 Å². The van der Waals surface area contributed by atoms with Crippen LogP contribution in [0.3, 0.4) is 0 Å². The second-order valence-electron chi connectivity index (χ2n) is 10.2. The van der Waals surface area contributed by atoms with Crippen LogP contribution < -0.4 is 14.8 Å². The van der Waals surface area contributed by atoms with E-state index in [1.807, 2.05) is 17.5 Å². The largest absolute Gasteiger partial charge is 0.493 e. The third-order valence-corrected chi connectivity index (χ3v) is 8.36. The first kappa shape index (κ1) is 28.0. The molecule has 2 amide bonds. The average molecular weight is 569 g/mol. The summed E-state index contributed by atoms with van der Waals surface area (Å²) >= 11 is 1.47. The molecule has 2 aromatic heterocycles. The van der Waals surface area contributed by atoms with E-state index >= 15 is 0 Å². The Morgan fingerprint density at radius 2 is 1.95 bits per heavy atom. The van der Waals surface area contributed by atoms with Crippen molar-refractivity contribution in [3.63, 3.8) is 0 Å². The van der Waals surface area contributed by atoms with Crippen LogP contribution in [0.2, 0.25) is 0 Å². The number of benzene rings is 1. The van der Waals surface area contributed by atoms with Crippen molar-refractivity contribution in [1.29, 1.82) is 0 Å². The summed E-state index contributed by atoms with van der Waals surface area (Å²) in [6.07, 6.45) is 6.98. The number of carbonyl (C=O) groups excluding carboxylic acids is 2. The highest BCUT2D eigenvalue weighted by atomic mass is 32.1. The molecule has 1 saturated heterocycles. The number of rotatable bonds is 11. The number of aromatic nitrogens is 4. The van der Waals surface area contributed by atoms with Gasteiger partial charge in [-0.1, -0.05) is 25.3 Å². The smallest absolute Gasteiger partial charge is 0.248 e. The molecule has 0 unspecified atom stereocenters. The van der Waals surface area contributed by atoms with E-state index in [9.17, 15) is 9.59 Å². The summed E-state index contributed by atoms with van der Waals surface area (Å²) in [6, 6.07) is 8.51. The minimum absolute atomic E-state index is 0.125. The van der Waals surface area contributed by atoms with Gasteiger partial charge >= 0.3 is 0 Å². The molecule has 1 aliphatic carbocycles. The van der Waals surface area contributed by atoms with Crippen molar-refractivity contribution in [2.45, 2.75) is 69.7 Å². The van der Waals surface area contributed by atoms with Crippen LogP contribution in [0.5, 0.6) is 11.5 Å². The van der Waals surface area contributed by atoms with E-state index in [4.69, 9.17) is 14.2 Å². The lowest BCUT2D eigenvalue weighted by molar-refractivity contribution is -0.143. The molecule has 214 valence electrons. The van der Waals surface area contributed by atoms with Crippen molar-refractivity contribution in [3.8, 4) is 22.9 Å². The fourth-order valence-electron chi connectivity index (χ4n) is 5.37. The minimum atomic E-state index is -0.757. The Bertz CT molecular complexity index is 1270. The maximum atomic E-state index is 13.9. The maximum absolute atomic E-state index is 13.9. The van der Waals surface area contributed by atoms with Gasteiger partial charge in [-0.25, -0.2) is 0 Å². The van der Waals surface area contributed by atoms with Gasteiger partial charge in [0.25, 0.3) is 0 Å². The number of tetrazole rings is 1. The molecule has 12 heteroatoms. The van der Waals surface area contributed by atoms with Gasteiger partial charge < -0.3 is 24.4 Å². The molecule has 40 heavy (non-hydrogen) atoms. The zero-order valence-corrected chi connectivity index (χ0v) is 23.8. The van der Waals surface area contributed by atoms with E-state index in [1.165, 1.54) is 22.6 Å². The molecule has 2 fully saturated rings. The van der Waals surface area contributed by atoms with Gasteiger partial charge in [0, 0.05) is 29.6 Å². The average Bonchev–Trinajstić information content (AvgIpc) is 3.77. The van der Waals surface area contributed by atoms with Gasteiger partial charge in [0.2, 0.25) is 17.6 Å². The summed E-state index contributed by atoms with van der Waals surface area (Å²) in [4.78, 5) is 31.4. The Morgan fingerprint density at radius 3 is 2.65 bits per heavy atom.